The Kier molecular flexibility index (Phi) is 4.75. The zero-order valence-corrected chi connectivity index (χ0v) is 11.9. The Balaban J connectivity index is 2.23. The van der Waals surface area contributed by atoms with Crippen molar-refractivity contribution in [3.05, 3.63) is 29.3 Å². The molecule has 1 heterocycles. The maximum absolute atomic E-state index is 12.4. The van der Waals surface area contributed by atoms with E-state index < -0.39 is 12.0 Å². The van der Waals surface area contributed by atoms with Crippen LogP contribution >= 0.6 is 0 Å². The first kappa shape index (κ1) is 14.5. The van der Waals surface area contributed by atoms with Gasteiger partial charge in [0.15, 0.2) is 5.78 Å². The van der Waals surface area contributed by atoms with E-state index in [0.717, 1.165) is 18.4 Å². The minimum Gasteiger partial charge on any atom is -0.496 e. The lowest BCUT2D eigenvalue weighted by Crippen LogP contribution is -2.32. The standard InChI is InChI=1S/C16H19NO3/c1-11-6-7-12(9-15(11)19-2)13(10-17)16(18)14-5-3-4-8-20-14/h6-7,9,13-14H,3-5,8H2,1-2H3. The summed E-state index contributed by atoms with van der Waals surface area (Å²) in [5.74, 6) is -0.231. The average molecular weight is 273 g/mol. The van der Waals surface area contributed by atoms with Crippen LogP contribution in [0.15, 0.2) is 18.2 Å². The molecule has 4 nitrogen and oxygen atoms in total. The van der Waals surface area contributed by atoms with E-state index in [9.17, 15) is 10.1 Å². The summed E-state index contributed by atoms with van der Waals surface area (Å²) >= 11 is 0. The number of methoxy groups -OCH3 is 1. The number of carbonyl (C=O) groups excluding carboxylic acids is 1. The van der Waals surface area contributed by atoms with Crippen molar-refractivity contribution in [2.24, 2.45) is 0 Å². The van der Waals surface area contributed by atoms with Gasteiger partial charge in [0, 0.05) is 6.61 Å². The first-order chi connectivity index (χ1) is 9.67. The van der Waals surface area contributed by atoms with E-state index in [-0.39, 0.29) is 5.78 Å². The van der Waals surface area contributed by atoms with Gasteiger partial charge in [0.2, 0.25) is 0 Å². The topological polar surface area (TPSA) is 59.3 Å². The highest BCUT2D eigenvalue weighted by Crippen LogP contribution is 2.27. The number of hydrogen-bond acceptors (Lipinski definition) is 4. The molecule has 0 aromatic heterocycles. The van der Waals surface area contributed by atoms with Crippen LogP contribution in [-0.2, 0) is 9.53 Å². The van der Waals surface area contributed by atoms with Gasteiger partial charge in [-0.25, -0.2) is 0 Å². The maximum Gasteiger partial charge on any atom is 0.183 e. The van der Waals surface area contributed by atoms with Gasteiger partial charge < -0.3 is 9.47 Å². The summed E-state index contributed by atoms with van der Waals surface area (Å²) in [6.07, 6.45) is 2.23. The summed E-state index contributed by atoms with van der Waals surface area (Å²) in [6.45, 7) is 2.53. The van der Waals surface area contributed by atoms with Gasteiger partial charge in [0.1, 0.15) is 17.8 Å². The van der Waals surface area contributed by atoms with Crippen LogP contribution in [0, 0.1) is 18.3 Å². The molecule has 2 atom stereocenters. The van der Waals surface area contributed by atoms with Crippen molar-refractivity contribution in [2.75, 3.05) is 13.7 Å². The van der Waals surface area contributed by atoms with Crippen LogP contribution < -0.4 is 4.74 Å². The van der Waals surface area contributed by atoms with E-state index >= 15 is 0 Å². The van der Waals surface area contributed by atoms with E-state index in [1.54, 1.807) is 13.2 Å². The summed E-state index contributed by atoms with van der Waals surface area (Å²) in [6, 6.07) is 7.55. The zero-order chi connectivity index (χ0) is 14.5. The molecule has 0 N–H and O–H groups in total. The van der Waals surface area contributed by atoms with Gasteiger partial charge in [0.05, 0.1) is 13.2 Å². The lowest BCUT2D eigenvalue weighted by Gasteiger charge is -2.23. The van der Waals surface area contributed by atoms with Gasteiger partial charge in [-0.3, -0.25) is 4.79 Å². The fourth-order valence-corrected chi connectivity index (χ4v) is 2.47. The molecule has 4 heteroatoms. The van der Waals surface area contributed by atoms with Gasteiger partial charge in [-0.15, -0.1) is 0 Å². The van der Waals surface area contributed by atoms with Crippen LogP contribution in [0.25, 0.3) is 0 Å². The third-order valence-corrected chi connectivity index (χ3v) is 3.68. The second kappa shape index (κ2) is 6.53. The highest BCUT2D eigenvalue weighted by Gasteiger charge is 2.30. The number of aryl methyl sites for hydroxylation is 1. The molecule has 0 amide bonds. The smallest absolute Gasteiger partial charge is 0.183 e. The monoisotopic (exact) mass is 273 g/mol. The van der Waals surface area contributed by atoms with Crippen LogP contribution in [0.3, 0.4) is 0 Å². The summed E-state index contributed by atoms with van der Waals surface area (Å²) in [5.41, 5.74) is 1.66. The Morgan fingerprint density at radius 3 is 2.90 bits per heavy atom. The summed E-state index contributed by atoms with van der Waals surface area (Å²) < 4.78 is 10.7. The molecule has 1 aromatic rings. The van der Waals surface area contributed by atoms with E-state index in [1.165, 1.54) is 0 Å². The second-order valence-electron chi connectivity index (χ2n) is 5.05. The minimum absolute atomic E-state index is 0.141. The highest BCUT2D eigenvalue weighted by atomic mass is 16.5. The molecule has 0 aliphatic carbocycles. The first-order valence-electron chi connectivity index (χ1n) is 6.87. The number of Topliss-reactive ketones (excluding diaryl/α,β-unsaturated/α-hetero) is 1. The average Bonchev–Trinajstić information content (AvgIpc) is 2.50. The fourth-order valence-electron chi connectivity index (χ4n) is 2.47. The predicted molar refractivity (Wildman–Crippen MR) is 74.7 cm³/mol. The van der Waals surface area contributed by atoms with Crippen LogP contribution in [0.4, 0.5) is 0 Å². The molecule has 20 heavy (non-hydrogen) atoms. The Hall–Kier alpha value is -1.86. The van der Waals surface area contributed by atoms with Gasteiger partial charge in [0.25, 0.3) is 0 Å². The number of nitriles is 1. The molecule has 2 rings (SSSR count). The molecule has 0 bridgehead atoms. The summed E-state index contributed by atoms with van der Waals surface area (Å²) in [7, 11) is 1.58. The number of nitrogens with zero attached hydrogens (tertiary/aromatic N) is 1. The van der Waals surface area contributed by atoms with Crippen molar-refractivity contribution in [2.45, 2.75) is 38.2 Å². The molecule has 1 aliphatic rings. The molecule has 0 radical (unpaired) electrons. The molecule has 1 aromatic carbocycles. The third-order valence-electron chi connectivity index (χ3n) is 3.68. The molecule has 0 spiro atoms. The zero-order valence-electron chi connectivity index (χ0n) is 11.9. The van der Waals surface area contributed by atoms with E-state index in [4.69, 9.17) is 9.47 Å². The molecule has 1 fully saturated rings. The van der Waals surface area contributed by atoms with Crippen LogP contribution in [0.2, 0.25) is 0 Å². The van der Waals surface area contributed by atoms with Crippen molar-refractivity contribution in [3.8, 4) is 11.8 Å². The van der Waals surface area contributed by atoms with Crippen molar-refractivity contribution in [1.82, 2.24) is 0 Å². The van der Waals surface area contributed by atoms with E-state index in [1.807, 2.05) is 19.1 Å². The Bertz CT molecular complexity index is 527. The van der Waals surface area contributed by atoms with Crippen molar-refractivity contribution in [3.63, 3.8) is 0 Å². The largest absolute Gasteiger partial charge is 0.496 e. The minimum atomic E-state index is -0.785. The Morgan fingerprint density at radius 2 is 2.30 bits per heavy atom. The molecule has 1 saturated heterocycles. The van der Waals surface area contributed by atoms with Crippen molar-refractivity contribution in [1.29, 1.82) is 5.26 Å². The lowest BCUT2D eigenvalue weighted by molar-refractivity contribution is -0.133. The molecular formula is C16H19NO3. The number of rotatable bonds is 4. The second-order valence-corrected chi connectivity index (χ2v) is 5.05. The van der Waals surface area contributed by atoms with Crippen LogP contribution in [0.1, 0.15) is 36.3 Å². The van der Waals surface area contributed by atoms with Crippen molar-refractivity contribution >= 4 is 5.78 Å². The number of hydrogen-bond donors (Lipinski definition) is 0. The normalized spacial score (nSPS) is 19.9. The number of carbonyl (C=O) groups is 1. The van der Waals surface area contributed by atoms with Crippen molar-refractivity contribution < 1.29 is 14.3 Å². The van der Waals surface area contributed by atoms with E-state index in [0.29, 0.717) is 24.3 Å². The van der Waals surface area contributed by atoms with Gasteiger partial charge in [-0.05, 0) is 43.4 Å². The Labute approximate surface area is 119 Å². The molecular weight excluding hydrogens is 254 g/mol. The molecule has 2 unspecified atom stereocenters. The first-order valence-corrected chi connectivity index (χ1v) is 6.87. The molecule has 106 valence electrons. The van der Waals surface area contributed by atoms with Gasteiger partial charge in [-0.2, -0.15) is 5.26 Å². The summed E-state index contributed by atoms with van der Waals surface area (Å²) in [5, 5.41) is 9.35. The van der Waals surface area contributed by atoms with Gasteiger partial charge in [-0.1, -0.05) is 12.1 Å². The van der Waals surface area contributed by atoms with Crippen LogP contribution in [-0.4, -0.2) is 25.6 Å². The summed E-state index contributed by atoms with van der Waals surface area (Å²) in [4.78, 5) is 12.4. The number of ketones is 1. The van der Waals surface area contributed by atoms with Gasteiger partial charge >= 0.3 is 0 Å². The third kappa shape index (κ3) is 3.00. The maximum atomic E-state index is 12.4. The highest BCUT2D eigenvalue weighted by molar-refractivity contribution is 5.92. The van der Waals surface area contributed by atoms with E-state index in [2.05, 4.69) is 6.07 Å². The fraction of sp³-hybridized carbons (Fsp3) is 0.500. The molecule has 0 saturated carbocycles. The SMILES string of the molecule is COc1cc(C(C#N)C(=O)C2CCCCO2)ccc1C. The molecule has 1 aliphatic heterocycles. The lowest BCUT2D eigenvalue weighted by atomic mass is 9.90. The predicted octanol–water partition coefficient (Wildman–Crippen LogP) is 2.75. The quantitative estimate of drug-likeness (QED) is 0.846. The number of benzene rings is 1. The van der Waals surface area contributed by atoms with Crippen LogP contribution in [0.5, 0.6) is 5.75 Å². The number of ether oxygens (including phenoxy) is 2. The Morgan fingerprint density at radius 1 is 1.50 bits per heavy atom.